The van der Waals surface area contributed by atoms with Gasteiger partial charge in [0, 0.05) is 0 Å². The van der Waals surface area contributed by atoms with Crippen LogP contribution in [0.2, 0.25) is 13.1 Å². The molecule has 0 aliphatic carbocycles. The molecular formula is C50H42OSi3. The number of rotatable bonds is 8. The molecule has 1 heterocycles. The molecule has 8 aromatic rings. The van der Waals surface area contributed by atoms with Crippen molar-refractivity contribution in [3.63, 3.8) is 0 Å². The molecule has 0 amide bonds. The fourth-order valence-electron chi connectivity index (χ4n) is 9.18. The minimum absolute atomic E-state index is 1.05. The lowest BCUT2D eigenvalue weighted by Gasteiger charge is -2.42. The summed E-state index contributed by atoms with van der Waals surface area (Å²) in [5.41, 5.74) is 0. The van der Waals surface area contributed by atoms with Crippen LogP contribution in [-0.4, -0.2) is 24.2 Å². The summed E-state index contributed by atoms with van der Waals surface area (Å²) in [5.74, 6) is 2.10. The Hall–Kier alpha value is -5.79. The molecule has 260 valence electrons. The molecule has 0 radical (unpaired) electrons. The summed E-state index contributed by atoms with van der Waals surface area (Å²) in [7, 11) is -8.16. The molecule has 0 unspecified atom stereocenters. The molecule has 1 aliphatic rings. The summed E-state index contributed by atoms with van der Waals surface area (Å²) in [5, 5.41) is 13.4. The Morgan fingerprint density at radius 2 is 0.537 bits per heavy atom. The second-order valence-corrected chi connectivity index (χ2v) is 26.7. The van der Waals surface area contributed by atoms with Crippen molar-refractivity contribution in [2.24, 2.45) is 0 Å². The average molecular weight is 743 g/mol. The van der Waals surface area contributed by atoms with Crippen molar-refractivity contribution in [3.05, 3.63) is 218 Å². The number of ether oxygens (including phenoxy) is 1. The van der Waals surface area contributed by atoms with Gasteiger partial charge in [0.25, 0.3) is 0 Å². The van der Waals surface area contributed by atoms with Gasteiger partial charge in [0.1, 0.15) is 19.6 Å². The molecule has 0 bridgehead atoms. The van der Waals surface area contributed by atoms with Gasteiger partial charge < -0.3 is 4.74 Å². The lowest BCUT2D eigenvalue weighted by molar-refractivity contribution is 0.494. The quantitative estimate of drug-likeness (QED) is 0.151. The highest BCUT2D eigenvalue weighted by atomic mass is 28.3. The largest absolute Gasteiger partial charge is 0.458 e. The molecule has 0 N–H and O–H groups in total. The van der Waals surface area contributed by atoms with E-state index in [0.29, 0.717) is 0 Å². The monoisotopic (exact) mass is 742 g/mol. The van der Waals surface area contributed by atoms with Gasteiger partial charge in [0.05, 0.1) is 0 Å². The minimum Gasteiger partial charge on any atom is -0.458 e. The van der Waals surface area contributed by atoms with Crippen LogP contribution in [0.4, 0.5) is 0 Å². The average Bonchev–Trinajstić information content (AvgIpc) is 3.24. The zero-order chi connectivity index (χ0) is 36.6. The van der Waals surface area contributed by atoms with Crippen molar-refractivity contribution in [3.8, 4) is 11.5 Å². The normalized spacial score (nSPS) is 13.3. The van der Waals surface area contributed by atoms with Crippen LogP contribution in [0.3, 0.4) is 0 Å². The third-order valence-corrected chi connectivity index (χ3v) is 24.7. The molecule has 9 rings (SSSR count). The van der Waals surface area contributed by atoms with Gasteiger partial charge in [0.2, 0.25) is 0 Å². The molecule has 8 aromatic carbocycles. The second-order valence-electron chi connectivity index (χ2n) is 14.8. The first-order chi connectivity index (χ1) is 26.6. The Morgan fingerprint density at radius 1 is 0.296 bits per heavy atom. The molecule has 1 nitrogen and oxygen atoms in total. The fraction of sp³-hybridized carbons (Fsp3) is 0.0400. The van der Waals surface area contributed by atoms with Crippen LogP contribution in [0.25, 0.3) is 0 Å². The van der Waals surface area contributed by atoms with E-state index in [1.165, 1.54) is 51.9 Å². The van der Waals surface area contributed by atoms with Crippen LogP contribution < -0.4 is 56.6 Å². The van der Waals surface area contributed by atoms with E-state index >= 15 is 0 Å². The first-order valence-electron chi connectivity index (χ1n) is 18.9. The Labute approximate surface area is 322 Å². The molecule has 4 heteroatoms. The standard InChI is InChI=1S/C50H42OSi3/c1-52(2)45-35-21-37-47(53(39-23-9-3-10-24-39,40-25-11-4-12-26-40)41-27-13-5-14-28-41)49(45)51-50-46(52)36-22-38-48(50)54(42-29-15-6-16-30-42,43-31-17-7-18-32-43)44-33-19-8-20-34-44/h3-38H,1-2H3. The summed E-state index contributed by atoms with van der Waals surface area (Å²) in [6.45, 7) is 5.04. The molecule has 0 spiro atoms. The minimum atomic E-state index is -2.91. The molecule has 0 saturated carbocycles. The van der Waals surface area contributed by atoms with Crippen LogP contribution in [-0.2, 0) is 0 Å². The summed E-state index contributed by atoms with van der Waals surface area (Å²) in [4.78, 5) is 0. The zero-order valence-electron chi connectivity index (χ0n) is 30.7. The van der Waals surface area contributed by atoms with E-state index in [1.807, 2.05) is 0 Å². The Kier molecular flexibility index (Phi) is 8.74. The molecule has 0 fully saturated rings. The highest BCUT2D eigenvalue weighted by Gasteiger charge is 2.50. The van der Waals surface area contributed by atoms with Crippen molar-refractivity contribution in [1.29, 1.82) is 0 Å². The number of benzene rings is 8. The SMILES string of the molecule is C[Si]1(C)c2cccc([Si](c3ccccc3)(c3ccccc3)c3ccccc3)c2Oc2c1cccc2[Si](c1ccccc1)(c1ccccc1)c1ccccc1. The maximum atomic E-state index is 7.82. The number of hydrogen-bond donors (Lipinski definition) is 0. The third kappa shape index (κ3) is 5.24. The molecule has 0 saturated heterocycles. The maximum absolute atomic E-state index is 7.82. The predicted molar refractivity (Wildman–Crippen MR) is 237 cm³/mol. The van der Waals surface area contributed by atoms with Crippen LogP contribution in [0.5, 0.6) is 11.5 Å². The van der Waals surface area contributed by atoms with Crippen molar-refractivity contribution in [2.45, 2.75) is 13.1 Å². The van der Waals surface area contributed by atoms with E-state index in [0.717, 1.165) is 11.5 Å². The van der Waals surface area contributed by atoms with Crippen LogP contribution in [0.1, 0.15) is 0 Å². The first-order valence-corrected chi connectivity index (χ1v) is 25.9. The molecule has 54 heavy (non-hydrogen) atoms. The molecular weight excluding hydrogens is 701 g/mol. The van der Waals surface area contributed by atoms with E-state index in [9.17, 15) is 0 Å². The lowest BCUT2D eigenvalue weighted by atomic mass is 10.3. The predicted octanol–water partition coefficient (Wildman–Crippen LogP) is 5.37. The van der Waals surface area contributed by atoms with Crippen LogP contribution in [0, 0.1) is 0 Å². The smallest absolute Gasteiger partial charge is 0.183 e. The van der Waals surface area contributed by atoms with E-state index in [4.69, 9.17) is 4.74 Å². The highest BCUT2D eigenvalue weighted by molar-refractivity contribution is 7.21. The van der Waals surface area contributed by atoms with Gasteiger partial charge in [-0.1, -0.05) is 231 Å². The van der Waals surface area contributed by atoms with E-state index in [2.05, 4.69) is 231 Å². The van der Waals surface area contributed by atoms with Gasteiger partial charge in [-0.2, -0.15) is 0 Å². The molecule has 1 aliphatic heterocycles. The Morgan fingerprint density at radius 3 is 0.778 bits per heavy atom. The van der Waals surface area contributed by atoms with Gasteiger partial charge in [-0.15, -0.1) is 0 Å². The lowest BCUT2D eigenvalue weighted by Crippen LogP contribution is -2.77. The molecule has 0 aromatic heterocycles. The van der Waals surface area contributed by atoms with Gasteiger partial charge >= 0.3 is 0 Å². The highest BCUT2D eigenvalue weighted by Crippen LogP contribution is 2.30. The third-order valence-electron chi connectivity index (χ3n) is 11.6. The summed E-state index contributed by atoms with van der Waals surface area (Å²) in [6, 6.07) is 81.4. The van der Waals surface area contributed by atoms with Crippen molar-refractivity contribution in [2.75, 3.05) is 0 Å². The van der Waals surface area contributed by atoms with E-state index in [-0.39, 0.29) is 0 Å². The molecule has 0 atom stereocenters. The summed E-state index contributed by atoms with van der Waals surface area (Å²) >= 11 is 0. The summed E-state index contributed by atoms with van der Waals surface area (Å²) in [6.07, 6.45) is 0. The number of hydrogen-bond acceptors (Lipinski definition) is 1. The van der Waals surface area contributed by atoms with Crippen molar-refractivity contribution >= 4 is 76.1 Å². The van der Waals surface area contributed by atoms with Gasteiger partial charge in [-0.05, 0) is 51.9 Å². The van der Waals surface area contributed by atoms with E-state index in [1.54, 1.807) is 0 Å². The maximum Gasteiger partial charge on any atom is 0.183 e. The summed E-state index contributed by atoms with van der Waals surface area (Å²) < 4.78 is 7.82. The second kappa shape index (κ2) is 13.9. The van der Waals surface area contributed by atoms with E-state index < -0.39 is 24.2 Å². The van der Waals surface area contributed by atoms with Crippen molar-refractivity contribution < 1.29 is 4.74 Å². The first kappa shape index (κ1) is 34.0. The number of fused-ring (bicyclic) bond motifs is 2. The number of para-hydroxylation sites is 2. The van der Waals surface area contributed by atoms with Gasteiger partial charge in [-0.3, -0.25) is 0 Å². The van der Waals surface area contributed by atoms with Crippen LogP contribution >= 0.6 is 0 Å². The van der Waals surface area contributed by atoms with Gasteiger partial charge in [0.15, 0.2) is 16.1 Å². The Bertz CT molecular complexity index is 2150. The fourth-order valence-corrected chi connectivity index (χ4v) is 22.0. The van der Waals surface area contributed by atoms with Crippen LogP contribution in [0.15, 0.2) is 218 Å². The topological polar surface area (TPSA) is 9.23 Å². The van der Waals surface area contributed by atoms with Crippen molar-refractivity contribution in [1.82, 2.24) is 0 Å². The van der Waals surface area contributed by atoms with Gasteiger partial charge in [-0.25, -0.2) is 0 Å². The Balaban J connectivity index is 1.39. The zero-order valence-corrected chi connectivity index (χ0v) is 33.7.